The van der Waals surface area contributed by atoms with Gasteiger partial charge in [-0.1, -0.05) is 24.3 Å². The highest BCUT2D eigenvalue weighted by Gasteiger charge is 2.10. The van der Waals surface area contributed by atoms with Crippen molar-refractivity contribution in [3.63, 3.8) is 0 Å². The number of pyridine rings is 1. The molecule has 2 aromatic rings. The molecule has 94 valence electrons. The second-order valence-electron chi connectivity index (χ2n) is 4.21. The number of rotatable bonds is 4. The molecule has 1 heterocycles. The summed E-state index contributed by atoms with van der Waals surface area (Å²) in [5.41, 5.74) is 3.23. The molecule has 0 aliphatic heterocycles. The molecule has 0 saturated carbocycles. The number of para-hydroxylation sites is 1. The highest BCUT2D eigenvalue weighted by Crippen LogP contribution is 2.26. The van der Waals surface area contributed by atoms with Crippen LogP contribution >= 0.6 is 0 Å². The fraction of sp³-hybridized carbons (Fsp3) is 0.267. The summed E-state index contributed by atoms with van der Waals surface area (Å²) >= 11 is 0. The van der Waals surface area contributed by atoms with E-state index in [4.69, 9.17) is 5.11 Å². The lowest BCUT2D eigenvalue weighted by Crippen LogP contribution is -2.18. The zero-order valence-electron chi connectivity index (χ0n) is 10.8. The molecular weight excluding hydrogens is 224 g/mol. The van der Waals surface area contributed by atoms with Crippen molar-refractivity contribution >= 4 is 11.5 Å². The molecule has 0 amide bonds. The van der Waals surface area contributed by atoms with E-state index in [1.165, 1.54) is 11.3 Å². The molecule has 3 nitrogen and oxygen atoms in total. The van der Waals surface area contributed by atoms with E-state index in [9.17, 15) is 0 Å². The standard InChI is InChI=1S/C15H18N2O/c1-3-17(14-7-5-4-6-12(14)2)15-9-8-13(11-18)10-16-15/h4-10,18H,3,11H2,1-2H3. The van der Waals surface area contributed by atoms with Crippen LogP contribution in [-0.4, -0.2) is 16.6 Å². The van der Waals surface area contributed by atoms with Crippen LogP contribution in [0.3, 0.4) is 0 Å². The van der Waals surface area contributed by atoms with E-state index in [1.807, 2.05) is 24.3 Å². The minimum Gasteiger partial charge on any atom is -0.392 e. The first kappa shape index (κ1) is 12.6. The molecule has 2 rings (SSSR count). The topological polar surface area (TPSA) is 36.4 Å². The summed E-state index contributed by atoms with van der Waals surface area (Å²) in [4.78, 5) is 6.57. The quantitative estimate of drug-likeness (QED) is 0.895. The minimum absolute atomic E-state index is 0.0315. The van der Waals surface area contributed by atoms with Gasteiger partial charge in [-0.3, -0.25) is 0 Å². The van der Waals surface area contributed by atoms with Crippen molar-refractivity contribution in [1.29, 1.82) is 0 Å². The van der Waals surface area contributed by atoms with Crippen LogP contribution < -0.4 is 4.90 Å². The number of aromatic nitrogens is 1. The Morgan fingerprint density at radius 3 is 2.50 bits per heavy atom. The lowest BCUT2D eigenvalue weighted by atomic mass is 10.1. The number of nitrogens with zero attached hydrogens (tertiary/aromatic N) is 2. The van der Waals surface area contributed by atoms with Crippen LogP contribution in [0.25, 0.3) is 0 Å². The molecule has 0 aliphatic rings. The van der Waals surface area contributed by atoms with E-state index >= 15 is 0 Å². The molecule has 0 unspecified atom stereocenters. The van der Waals surface area contributed by atoms with Crippen LogP contribution in [-0.2, 0) is 6.61 Å². The summed E-state index contributed by atoms with van der Waals surface area (Å²) in [6.45, 7) is 5.09. The van der Waals surface area contributed by atoms with E-state index in [1.54, 1.807) is 6.20 Å². The van der Waals surface area contributed by atoms with Gasteiger partial charge in [-0.05, 0) is 37.1 Å². The van der Waals surface area contributed by atoms with Gasteiger partial charge in [0.05, 0.1) is 6.61 Å². The van der Waals surface area contributed by atoms with Gasteiger partial charge >= 0.3 is 0 Å². The summed E-state index contributed by atoms with van der Waals surface area (Å²) in [5, 5.41) is 9.03. The van der Waals surface area contributed by atoms with Crippen molar-refractivity contribution in [2.24, 2.45) is 0 Å². The van der Waals surface area contributed by atoms with Gasteiger partial charge in [0, 0.05) is 18.4 Å². The lowest BCUT2D eigenvalue weighted by molar-refractivity contribution is 0.281. The Labute approximate surface area is 108 Å². The van der Waals surface area contributed by atoms with Gasteiger partial charge in [0.2, 0.25) is 0 Å². The molecule has 0 aliphatic carbocycles. The summed E-state index contributed by atoms with van der Waals surface area (Å²) in [5.74, 6) is 0.906. The van der Waals surface area contributed by atoms with E-state index in [0.717, 1.165) is 17.9 Å². The largest absolute Gasteiger partial charge is 0.392 e. The fourth-order valence-corrected chi connectivity index (χ4v) is 1.99. The fourth-order valence-electron chi connectivity index (χ4n) is 1.99. The first-order chi connectivity index (χ1) is 8.76. The van der Waals surface area contributed by atoms with Gasteiger partial charge < -0.3 is 10.0 Å². The molecule has 0 atom stereocenters. The third-order valence-corrected chi connectivity index (χ3v) is 2.99. The Balaban J connectivity index is 2.36. The SMILES string of the molecule is CCN(c1ccc(CO)cn1)c1ccccc1C. The molecule has 0 fully saturated rings. The first-order valence-electron chi connectivity index (χ1n) is 6.15. The number of hydrogen-bond acceptors (Lipinski definition) is 3. The van der Waals surface area contributed by atoms with Crippen molar-refractivity contribution in [3.05, 3.63) is 53.7 Å². The number of aliphatic hydroxyl groups is 1. The molecule has 3 heteroatoms. The third-order valence-electron chi connectivity index (χ3n) is 2.99. The van der Waals surface area contributed by atoms with Crippen LogP contribution in [0.5, 0.6) is 0 Å². The molecule has 18 heavy (non-hydrogen) atoms. The molecule has 0 saturated heterocycles. The average Bonchev–Trinajstić information content (AvgIpc) is 2.42. The maximum atomic E-state index is 9.03. The predicted molar refractivity (Wildman–Crippen MR) is 74.0 cm³/mol. The first-order valence-corrected chi connectivity index (χ1v) is 6.15. The van der Waals surface area contributed by atoms with E-state index in [0.29, 0.717) is 0 Å². The maximum Gasteiger partial charge on any atom is 0.132 e. The van der Waals surface area contributed by atoms with Crippen LogP contribution in [0, 0.1) is 6.92 Å². The van der Waals surface area contributed by atoms with Crippen molar-refractivity contribution in [1.82, 2.24) is 4.98 Å². The van der Waals surface area contributed by atoms with Crippen LogP contribution in [0.15, 0.2) is 42.6 Å². The highest BCUT2D eigenvalue weighted by atomic mass is 16.3. The summed E-state index contributed by atoms with van der Waals surface area (Å²) < 4.78 is 0. The van der Waals surface area contributed by atoms with Gasteiger partial charge in [-0.2, -0.15) is 0 Å². The summed E-state index contributed by atoms with van der Waals surface area (Å²) in [6, 6.07) is 12.1. The number of hydrogen-bond donors (Lipinski definition) is 1. The molecule has 1 N–H and O–H groups in total. The van der Waals surface area contributed by atoms with Gasteiger partial charge in [-0.15, -0.1) is 0 Å². The minimum atomic E-state index is 0.0315. The normalized spacial score (nSPS) is 10.4. The monoisotopic (exact) mass is 242 g/mol. The Morgan fingerprint density at radius 1 is 1.17 bits per heavy atom. The van der Waals surface area contributed by atoms with Crippen molar-refractivity contribution < 1.29 is 5.11 Å². The van der Waals surface area contributed by atoms with E-state index < -0.39 is 0 Å². The van der Waals surface area contributed by atoms with Gasteiger partial charge in [0.1, 0.15) is 5.82 Å². The molecule has 0 spiro atoms. The Bertz CT molecular complexity index is 508. The zero-order chi connectivity index (χ0) is 13.0. The van der Waals surface area contributed by atoms with Gasteiger partial charge in [0.25, 0.3) is 0 Å². The van der Waals surface area contributed by atoms with Crippen LogP contribution in [0.2, 0.25) is 0 Å². The highest BCUT2D eigenvalue weighted by molar-refractivity contribution is 5.63. The predicted octanol–water partition coefficient (Wildman–Crippen LogP) is 3.04. The maximum absolute atomic E-state index is 9.03. The number of anilines is 2. The number of aryl methyl sites for hydroxylation is 1. The van der Waals surface area contributed by atoms with E-state index in [-0.39, 0.29) is 6.61 Å². The van der Waals surface area contributed by atoms with Gasteiger partial charge in [-0.25, -0.2) is 4.98 Å². The van der Waals surface area contributed by atoms with Crippen LogP contribution in [0.4, 0.5) is 11.5 Å². The summed E-state index contributed by atoms with van der Waals surface area (Å²) in [7, 11) is 0. The van der Waals surface area contributed by atoms with Gasteiger partial charge in [0.15, 0.2) is 0 Å². The molecule has 1 aromatic heterocycles. The Kier molecular flexibility index (Phi) is 3.95. The molecule has 1 aromatic carbocycles. The smallest absolute Gasteiger partial charge is 0.132 e. The van der Waals surface area contributed by atoms with Crippen molar-refractivity contribution in [3.8, 4) is 0 Å². The second kappa shape index (κ2) is 5.65. The van der Waals surface area contributed by atoms with Crippen molar-refractivity contribution in [2.45, 2.75) is 20.5 Å². The summed E-state index contributed by atoms with van der Waals surface area (Å²) in [6.07, 6.45) is 1.72. The average molecular weight is 242 g/mol. The van der Waals surface area contributed by atoms with Crippen LogP contribution in [0.1, 0.15) is 18.1 Å². The zero-order valence-corrected chi connectivity index (χ0v) is 10.8. The third kappa shape index (κ3) is 2.51. The Morgan fingerprint density at radius 2 is 1.94 bits per heavy atom. The Hall–Kier alpha value is -1.87. The second-order valence-corrected chi connectivity index (χ2v) is 4.21. The molecule has 0 radical (unpaired) electrons. The lowest BCUT2D eigenvalue weighted by Gasteiger charge is -2.24. The molecule has 0 bridgehead atoms. The van der Waals surface area contributed by atoms with Crippen molar-refractivity contribution in [2.75, 3.05) is 11.4 Å². The number of aliphatic hydroxyl groups excluding tert-OH is 1. The molecular formula is C15H18N2O. The number of benzene rings is 1. The van der Waals surface area contributed by atoms with E-state index in [2.05, 4.69) is 35.9 Å².